The van der Waals surface area contributed by atoms with E-state index in [0.717, 1.165) is 6.54 Å². The van der Waals surface area contributed by atoms with E-state index < -0.39 is 0 Å². The van der Waals surface area contributed by atoms with Gasteiger partial charge in [-0.3, -0.25) is 0 Å². The number of hydrogen-bond acceptors (Lipinski definition) is 1. The van der Waals surface area contributed by atoms with Gasteiger partial charge in [-0.2, -0.15) is 0 Å². The summed E-state index contributed by atoms with van der Waals surface area (Å²) in [6.45, 7) is 1.11. The predicted molar refractivity (Wildman–Crippen MR) is 19.8 cm³/mol. The van der Waals surface area contributed by atoms with Crippen molar-refractivity contribution in [2.45, 2.75) is 0 Å². The summed E-state index contributed by atoms with van der Waals surface area (Å²) in [6.07, 6.45) is 0. The third kappa shape index (κ3) is 8.82. The average molecular weight is 203 g/mol. The maximum absolute atomic E-state index is 8.04. The molecule has 2 nitrogen and oxygen atoms in total. The molecule has 0 aromatic heterocycles. The van der Waals surface area contributed by atoms with Crippen LogP contribution in [0.25, 0.3) is 0 Å². The fourth-order valence-electron chi connectivity index (χ4n) is 0.129. The lowest BCUT2D eigenvalue weighted by Crippen LogP contribution is -3.00. The Labute approximate surface area is 55.0 Å². The normalized spacial score (nSPS) is 7.00. The van der Waals surface area contributed by atoms with Crippen molar-refractivity contribution in [2.24, 2.45) is 0 Å². The molecular formula is C3H10INO. The molecule has 40 valence electrons. The highest BCUT2D eigenvalue weighted by Gasteiger charge is 1.69. The molecule has 0 aromatic rings. The number of rotatable bonds is 2. The summed E-state index contributed by atoms with van der Waals surface area (Å²) in [6, 6.07) is 0. The minimum atomic E-state index is 0. The number of hydrogen-bond donors (Lipinski definition) is 2. The van der Waals surface area contributed by atoms with Crippen LogP contribution in [0, 0.1) is 0 Å². The maximum Gasteiger partial charge on any atom is 0.0988 e. The summed E-state index contributed by atoms with van der Waals surface area (Å²) in [7, 11) is 1.93. The van der Waals surface area contributed by atoms with Crippen molar-refractivity contribution in [3.8, 4) is 0 Å². The molecule has 6 heavy (non-hydrogen) atoms. The number of halogens is 1. The standard InChI is InChI=1S/C3H9NO.HI/c1-4-2-3-5;/h4-5H,2-3H2,1H3;1H. The second-order valence-electron chi connectivity index (χ2n) is 0.921. The van der Waals surface area contributed by atoms with Crippen molar-refractivity contribution in [3.63, 3.8) is 0 Å². The van der Waals surface area contributed by atoms with Crippen LogP contribution in [-0.2, 0) is 0 Å². The summed E-state index contributed by atoms with van der Waals surface area (Å²) >= 11 is 0. The first kappa shape index (κ1) is 9.82. The van der Waals surface area contributed by atoms with E-state index in [2.05, 4.69) is 0 Å². The Kier molecular flexibility index (Phi) is 15.0. The molecule has 0 heterocycles. The summed E-state index contributed by atoms with van der Waals surface area (Å²) in [4.78, 5) is 0. The monoisotopic (exact) mass is 203 g/mol. The van der Waals surface area contributed by atoms with Crippen molar-refractivity contribution in [2.75, 3.05) is 20.2 Å². The molecule has 0 saturated carbocycles. The average Bonchev–Trinajstić information content (AvgIpc) is 1.41. The van der Waals surface area contributed by atoms with E-state index in [-0.39, 0.29) is 30.6 Å². The van der Waals surface area contributed by atoms with Crippen molar-refractivity contribution < 1.29 is 34.4 Å². The van der Waals surface area contributed by atoms with Crippen molar-refractivity contribution in [3.05, 3.63) is 0 Å². The van der Waals surface area contributed by atoms with Gasteiger partial charge in [-0.1, -0.05) is 0 Å². The van der Waals surface area contributed by atoms with Crippen molar-refractivity contribution >= 4 is 0 Å². The summed E-state index contributed by atoms with van der Waals surface area (Å²) in [5.41, 5.74) is 0. The molecule has 0 rings (SSSR count). The zero-order valence-corrected chi connectivity index (χ0v) is 5.97. The molecule has 0 fully saturated rings. The molecule has 3 N–H and O–H groups in total. The number of aliphatic hydroxyl groups excluding tert-OH is 1. The Hall–Kier alpha value is 0.650. The molecule has 0 radical (unpaired) electrons. The van der Waals surface area contributed by atoms with Gasteiger partial charge >= 0.3 is 0 Å². The second-order valence-corrected chi connectivity index (χ2v) is 0.921. The van der Waals surface area contributed by atoms with Crippen LogP contribution in [0.4, 0.5) is 0 Å². The van der Waals surface area contributed by atoms with Gasteiger partial charge in [0, 0.05) is 0 Å². The maximum atomic E-state index is 8.04. The van der Waals surface area contributed by atoms with Gasteiger partial charge in [0.05, 0.1) is 20.2 Å². The van der Waals surface area contributed by atoms with Crippen LogP contribution < -0.4 is 29.3 Å². The van der Waals surface area contributed by atoms with Gasteiger partial charge in [-0.25, -0.2) is 0 Å². The van der Waals surface area contributed by atoms with Crippen molar-refractivity contribution in [1.29, 1.82) is 0 Å². The highest BCUT2D eigenvalue weighted by atomic mass is 127. The smallest absolute Gasteiger partial charge is 0.0988 e. The minimum absolute atomic E-state index is 0. The van der Waals surface area contributed by atoms with Crippen LogP contribution in [0.2, 0.25) is 0 Å². The first-order valence-electron chi connectivity index (χ1n) is 1.80. The Morgan fingerprint density at radius 1 is 1.67 bits per heavy atom. The lowest BCUT2D eigenvalue weighted by molar-refractivity contribution is -0.628. The number of aliphatic hydroxyl groups is 1. The van der Waals surface area contributed by atoms with E-state index in [1.165, 1.54) is 0 Å². The molecule has 0 bridgehead atoms. The highest BCUT2D eigenvalue weighted by Crippen LogP contribution is 1.31. The van der Waals surface area contributed by atoms with Gasteiger partial charge in [0.25, 0.3) is 0 Å². The topological polar surface area (TPSA) is 36.8 Å². The van der Waals surface area contributed by atoms with E-state index in [9.17, 15) is 0 Å². The first-order chi connectivity index (χ1) is 2.41. The van der Waals surface area contributed by atoms with Crippen LogP contribution in [0.15, 0.2) is 0 Å². The Morgan fingerprint density at radius 3 is 2.17 bits per heavy atom. The number of quaternary nitrogens is 1. The zero-order chi connectivity index (χ0) is 4.12. The Bertz CT molecular complexity index is 18.3. The van der Waals surface area contributed by atoms with E-state index in [0.29, 0.717) is 0 Å². The number of nitrogens with two attached hydrogens (primary N) is 1. The molecule has 0 spiro atoms. The molecule has 0 atom stereocenters. The van der Waals surface area contributed by atoms with Crippen molar-refractivity contribution in [1.82, 2.24) is 0 Å². The summed E-state index contributed by atoms with van der Waals surface area (Å²) in [5, 5.41) is 9.97. The molecule has 0 saturated heterocycles. The van der Waals surface area contributed by atoms with Gasteiger partial charge in [-0.05, 0) is 0 Å². The molecule has 0 aromatic carbocycles. The SMILES string of the molecule is C[NH2+]CCO.[I-]. The van der Waals surface area contributed by atoms with E-state index in [1.54, 1.807) is 0 Å². The van der Waals surface area contributed by atoms with Crippen LogP contribution in [0.1, 0.15) is 0 Å². The van der Waals surface area contributed by atoms with Gasteiger partial charge < -0.3 is 34.4 Å². The van der Waals surface area contributed by atoms with E-state index in [1.807, 2.05) is 12.4 Å². The predicted octanol–water partition coefficient (Wildman–Crippen LogP) is -4.82. The summed E-state index contributed by atoms with van der Waals surface area (Å²) < 4.78 is 0. The molecule has 0 aliphatic rings. The number of likely N-dealkylation sites (N-methyl/N-ethyl adjacent to an activating group) is 1. The molecule has 0 amide bonds. The molecular weight excluding hydrogens is 193 g/mol. The lowest BCUT2D eigenvalue weighted by atomic mass is 10.7. The molecule has 0 unspecified atom stereocenters. The highest BCUT2D eigenvalue weighted by molar-refractivity contribution is 4.06. The molecule has 3 heteroatoms. The van der Waals surface area contributed by atoms with Crippen LogP contribution in [0.3, 0.4) is 0 Å². The van der Waals surface area contributed by atoms with Gasteiger partial charge in [0.2, 0.25) is 0 Å². The fraction of sp³-hybridized carbons (Fsp3) is 1.00. The second kappa shape index (κ2) is 9.17. The van der Waals surface area contributed by atoms with Crippen LogP contribution >= 0.6 is 0 Å². The van der Waals surface area contributed by atoms with E-state index >= 15 is 0 Å². The lowest BCUT2D eigenvalue weighted by Gasteiger charge is -1.81. The van der Waals surface area contributed by atoms with E-state index in [4.69, 9.17) is 5.11 Å². The first-order valence-corrected chi connectivity index (χ1v) is 1.80. The zero-order valence-electron chi connectivity index (χ0n) is 3.82. The quantitative estimate of drug-likeness (QED) is 0.434. The molecule has 0 aliphatic carbocycles. The third-order valence-corrected chi connectivity index (χ3v) is 0.418. The Morgan fingerprint density at radius 2 is 2.17 bits per heavy atom. The Balaban J connectivity index is 0. The molecule has 0 aliphatic heterocycles. The van der Waals surface area contributed by atoms with Crippen LogP contribution in [-0.4, -0.2) is 25.3 Å². The minimum Gasteiger partial charge on any atom is -1.00 e. The van der Waals surface area contributed by atoms with Gasteiger partial charge in [0.15, 0.2) is 0 Å². The van der Waals surface area contributed by atoms with Gasteiger partial charge in [-0.15, -0.1) is 0 Å². The van der Waals surface area contributed by atoms with Gasteiger partial charge in [0.1, 0.15) is 0 Å². The fourth-order valence-corrected chi connectivity index (χ4v) is 0.129. The third-order valence-electron chi connectivity index (χ3n) is 0.418. The van der Waals surface area contributed by atoms with Crippen LogP contribution in [0.5, 0.6) is 0 Å². The summed E-state index contributed by atoms with van der Waals surface area (Å²) in [5.74, 6) is 0. The largest absolute Gasteiger partial charge is 1.00 e.